The lowest BCUT2D eigenvalue weighted by Crippen LogP contribution is -2.13. The van der Waals surface area contributed by atoms with Crippen LogP contribution in [0.3, 0.4) is 0 Å². The number of hydrogen-bond donors (Lipinski definition) is 2. The Hall–Kier alpha value is -2.12. The van der Waals surface area contributed by atoms with Crippen LogP contribution in [0.1, 0.15) is 6.92 Å². The van der Waals surface area contributed by atoms with Crippen molar-refractivity contribution in [2.75, 3.05) is 10.0 Å². The molecule has 0 saturated carbocycles. The summed E-state index contributed by atoms with van der Waals surface area (Å²) in [5, 5.41) is 2.57. The number of nitrogens with zero attached hydrogens (tertiary/aromatic N) is 1. The van der Waals surface area contributed by atoms with Crippen molar-refractivity contribution in [1.29, 1.82) is 0 Å². The molecular formula is C13H14ClN3O3S. The van der Waals surface area contributed by atoms with Crippen LogP contribution in [0.15, 0.2) is 53.7 Å². The number of sulfonamides is 1. The van der Waals surface area contributed by atoms with E-state index in [9.17, 15) is 13.2 Å². The van der Waals surface area contributed by atoms with Gasteiger partial charge in [0.05, 0.1) is 10.6 Å². The molecule has 0 spiro atoms. The molecule has 0 bridgehead atoms. The predicted molar refractivity (Wildman–Crippen MR) is 83.0 cm³/mol. The number of carbonyl (C=O) groups excluding carboxylic acids is 1. The summed E-state index contributed by atoms with van der Waals surface area (Å²) in [6.45, 7) is 1.38. The molecular weight excluding hydrogens is 314 g/mol. The van der Waals surface area contributed by atoms with E-state index in [1.165, 1.54) is 43.6 Å². The minimum atomic E-state index is -3.65. The molecule has 1 aromatic heterocycles. The highest BCUT2D eigenvalue weighted by molar-refractivity contribution is 7.92. The monoisotopic (exact) mass is 327 g/mol. The summed E-state index contributed by atoms with van der Waals surface area (Å²) in [5.41, 5.74) is 0.978. The highest BCUT2D eigenvalue weighted by Gasteiger charge is 2.13. The van der Waals surface area contributed by atoms with E-state index in [1.807, 2.05) is 0 Å². The zero-order chi connectivity index (χ0) is 14.6. The van der Waals surface area contributed by atoms with E-state index in [1.54, 1.807) is 12.1 Å². The third kappa shape index (κ3) is 4.73. The van der Waals surface area contributed by atoms with Crippen LogP contribution >= 0.6 is 12.4 Å². The lowest BCUT2D eigenvalue weighted by Gasteiger charge is -2.08. The molecule has 2 rings (SSSR count). The van der Waals surface area contributed by atoms with Crippen LogP contribution in [0.4, 0.5) is 11.4 Å². The van der Waals surface area contributed by atoms with Gasteiger partial charge >= 0.3 is 0 Å². The summed E-state index contributed by atoms with van der Waals surface area (Å²) < 4.78 is 26.7. The topological polar surface area (TPSA) is 88.2 Å². The van der Waals surface area contributed by atoms with Gasteiger partial charge in [0, 0.05) is 25.0 Å². The Morgan fingerprint density at radius 1 is 1.00 bits per heavy atom. The third-order valence-electron chi connectivity index (χ3n) is 2.42. The maximum absolute atomic E-state index is 12.1. The molecule has 112 valence electrons. The molecule has 0 aliphatic rings. The van der Waals surface area contributed by atoms with E-state index in [0.29, 0.717) is 11.4 Å². The minimum Gasteiger partial charge on any atom is -0.326 e. The Labute approximate surface area is 129 Å². The molecule has 0 saturated heterocycles. The Morgan fingerprint density at radius 2 is 1.57 bits per heavy atom. The van der Waals surface area contributed by atoms with E-state index >= 15 is 0 Å². The van der Waals surface area contributed by atoms with Crippen molar-refractivity contribution < 1.29 is 13.2 Å². The lowest BCUT2D eigenvalue weighted by molar-refractivity contribution is -0.114. The normalized spacial score (nSPS) is 10.3. The molecule has 1 heterocycles. The molecule has 0 radical (unpaired) electrons. The van der Waals surface area contributed by atoms with Gasteiger partial charge in [-0.25, -0.2) is 8.42 Å². The maximum atomic E-state index is 12.1. The molecule has 0 aliphatic carbocycles. The van der Waals surface area contributed by atoms with E-state index in [-0.39, 0.29) is 23.2 Å². The number of aromatic nitrogens is 1. The van der Waals surface area contributed by atoms with Gasteiger partial charge in [-0.15, -0.1) is 12.4 Å². The first-order chi connectivity index (χ1) is 9.47. The maximum Gasteiger partial charge on any atom is 0.261 e. The number of amides is 1. The van der Waals surface area contributed by atoms with E-state index in [0.717, 1.165) is 0 Å². The van der Waals surface area contributed by atoms with Crippen LogP contribution in [0.5, 0.6) is 0 Å². The van der Waals surface area contributed by atoms with Crippen molar-refractivity contribution in [2.24, 2.45) is 0 Å². The first kappa shape index (κ1) is 16.9. The second-order valence-electron chi connectivity index (χ2n) is 4.05. The zero-order valence-electron chi connectivity index (χ0n) is 11.1. The average Bonchev–Trinajstić information content (AvgIpc) is 2.39. The average molecular weight is 328 g/mol. The molecule has 1 aromatic carbocycles. The molecule has 0 fully saturated rings. The molecule has 1 amide bonds. The van der Waals surface area contributed by atoms with Gasteiger partial charge in [-0.2, -0.15) is 0 Å². The van der Waals surface area contributed by atoms with E-state index in [4.69, 9.17) is 0 Å². The molecule has 0 unspecified atom stereocenters. The fraction of sp³-hybridized carbons (Fsp3) is 0.0769. The van der Waals surface area contributed by atoms with E-state index < -0.39 is 10.0 Å². The highest BCUT2D eigenvalue weighted by atomic mass is 35.5. The molecule has 8 heteroatoms. The number of nitrogens with one attached hydrogen (secondary N) is 2. The van der Waals surface area contributed by atoms with Crippen LogP contribution in [0.2, 0.25) is 0 Å². The molecule has 2 N–H and O–H groups in total. The summed E-state index contributed by atoms with van der Waals surface area (Å²) in [6, 6.07) is 9.03. The number of rotatable bonds is 4. The van der Waals surface area contributed by atoms with Crippen LogP contribution in [-0.4, -0.2) is 19.3 Å². The van der Waals surface area contributed by atoms with Crippen molar-refractivity contribution in [1.82, 2.24) is 4.98 Å². The second kappa shape index (κ2) is 7.05. The van der Waals surface area contributed by atoms with Crippen LogP contribution < -0.4 is 10.0 Å². The minimum absolute atomic E-state index is 0. The third-order valence-corrected chi connectivity index (χ3v) is 3.81. The van der Waals surface area contributed by atoms with Crippen molar-refractivity contribution >= 4 is 39.7 Å². The number of benzene rings is 1. The molecule has 21 heavy (non-hydrogen) atoms. The summed E-state index contributed by atoms with van der Waals surface area (Å²) in [6.07, 6.45) is 3.00. The van der Waals surface area contributed by atoms with Gasteiger partial charge in [-0.3, -0.25) is 14.5 Å². The highest BCUT2D eigenvalue weighted by Crippen LogP contribution is 2.17. The summed E-state index contributed by atoms with van der Waals surface area (Å²) in [4.78, 5) is 14.8. The zero-order valence-corrected chi connectivity index (χ0v) is 12.7. The predicted octanol–water partition coefficient (Wildman–Crippen LogP) is 2.26. The Kier molecular flexibility index (Phi) is 5.69. The lowest BCUT2D eigenvalue weighted by atomic mass is 10.3. The van der Waals surface area contributed by atoms with Gasteiger partial charge in [-0.05, 0) is 36.4 Å². The van der Waals surface area contributed by atoms with Gasteiger partial charge in [0.25, 0.3) is 10.0 Å². The van der Waals surface area contributed by atoms with Gasteiger partial charge in [0.2, 0.25) is 5.91 Å². The second-order valence-corrected chi connectivity index (χ2v) is 5.73. The Morgan fingerprint density at radius 3 is 2.10 bits per heavy atom. The van der Waals surface area contributed by atoms with Crippen molar-refractivity contribution in [3.8, 4) is 0 Å². The van der Waals surface area contributed by atoms with Crippen molar-refractivity contribution in [2.45, 2.75) is 11.8 Å². The smallest absolute Gasteiger partial charge is 0.261 e. The van der Waals surface area contributed by atoms with Crippen LogP contribution in [0.25, 0.3) is 0 Å². The van der Waals surface area contributed by atoms with Crippen molar-refractivity contribution in [3.05, 3.63) is 48.8 Å². The summed E-state index contributed by atoms with van der Waals surface area (Å²) in [7, 11) is -3.65. The quantitative estimate of drug-likeness (QED) is 0.901. The SMILES string of the molecule is CC(=O)Nc1ccc(S(=O)(=O)Nc2ccncc2)cc1.Cl. The molecule has 2 aromatic rings. The Balaban J connectivity index is 0.00000220. The van der Waals surface area contributed by atoms with Gasteiger partial charge in [0.1, 0.15) is 0 Å². The largest absolute Gasteiger partial charge is 0.326 e. The molecule has 6 nitrogen and oxygen atoms in total. The van der Waals surface area contributed by atoms with Crippen molar-refractivity contribution in [3.63, 3.8) is 0 Å². The summed E-state index contributed by atoms with van der Waals surface area (Å²) >= 11 is 0. The number of halogens is 1. The number of anilines is 2. The number of hydrogen-bond acceptors (Lipinski definition) is 4. The number of pyridine rings is 1. The Bertz CT molecular complexity index is 703. The first-order valence-electron chi connectivity index (χ1n) is 5.78. The van der Waals surface area contributed by atoms with E-state index in [2.05, 4.69) is 15.0 Å². The van der Waals surface area contributed by atoms with Crippen LogP contribution in [0, 0.1) is 0 Å². The molecule has 0 aliphatic heterocycles. The van der Waals surface area contributed by atoms with Gasteiger partial charge < -0.3 is 5.32 Å². The van der Waals surface area contributed by atoms with Gasteiger partial charge in [0.15, 0.2) is 0 Å². The first-order valence-corrected chi connectivity index (χ1v) is 7.26. The standard InChI is InChI=1S/C13H13N3O3S.ClH/c1-10(17)15-11-2-4-13(5-3-11)20(18,19)16-12-6-8-14-9-7-12;/h2-9H,1H3,(H,14,16)(H,15,17);1H. The van der Waals surface area contributed by atoms with Crippen LogP contribution in [-0.2, 0) is 14.8 Å². The fourth-order valence-electron chi connectivity index (χ4n) is 1.55. The fourth-order valence-corrected chi connectivity index (χ4v) is 2.61. The van der Waals surface area contributed by atoms with Gasteiger partial charge in [-0.1, -0.05) is 0 Å². The molecule has 0 atom stereocenters. The summed E-state index contributed by atoms with van der Waals surface area (Å²) in [5.74, 6) is -0.212. The number of carbonyl (C=O) groups is 1.